The molecule has 0 bridgehead atoms. The van der Waals surface area contributed by atoms with Crippen molar-refractivity contribution >= 4 is 11.4 Å². The first-order valence-electron chi connectivity index (χ1n) is 5.05. The molecule has 1 aromatic rings. The highest BCUT2D eigenvalue weighted by Gasteiger charge is 2.12. The van der Waals surface area contributed by atoms with Gasteiger partial charge in [-0.3, -0.25) is 5.01 Å². The van der Waals surface area contributed by atoms with Crippen molar-refractivity contribution in [2.24, 2.45) is 5.10 Å². The van der Waals surface area contributed by atoms with E-state index in [0.717, 1.165) is 13.0 Å². The molecule has 0 aromatic heterocycles. The summed E-state index contributed by atoms with van der Waals surface area (Å²) >= 11 is 0. The van der Waals surface area contributed by atoms with Crippen molar-refractivity contribution in [3.05, 3.63) is 29.3 Å². The van der Waals surface area contributed by atoms with Gasteiger partial charge in [-0.05, 0) is 44.0 Å². The van der Waals surface area contributed by atoms with Gasteiger partial charge in [0.25, 0.3) is 0 Å². The summed E-state index contributed by atoms with van der Waals surface area (Å²) in [5, 5.41) is 6.58. The second-order valence-electron chi connectivity index (χ2n) is 4.05. The molecule has 0 atom stereocenters. The molecule has 0 amide bonds. The third-order valence-electron chi connectivity index (χ3n) is 2.48. The second-order valence-corrected chi connectivity index (χ2v) is 4.05. The molecule has 0 N–H and O–H groups in total. The lowest BCUT2D eigenvalue weighted by Gasteiger charge is -2.14. The summed E-state index contributed by atoms with van der Waals surface area (Å²) in [5.74, 6) is 0. The number of aryl methyl sites for hydroxylation is 2. The van der Waals surface area contributed by atoms with E-state index in [1.165, 1.54) is 22.5 Å². The summed E-state index contributed by atoms with van der Waals surface area (Å²) in [6.07, 6.45) is 1.09. The predicted molar refractivity (Wildman–Crippen MR) is 61.0 cm³/mol. The van der Waals surface area contributed by atoms with Crippen molar-refractivity contribution < 1.29 is 0 Å². The maximum Gasteiger partial charge on any atom is 0.0599 e. The number of nitrogens with zero attached hydrogens (tertiary/aromatic N) is 2. The summed E-state index contributed by atoms with van der Waals surface area (Å²) in [5.41, 5.74) is 5.06. The fourth-order valence-corrected chi connectivity index (χ4v) is 1.86. The van der Waals surface area contributed by atoms with Gasteiger partial charge in [0, 0.05) is 18.7 Å². The van der Waals surface area contributed by atoms with Crippen molar-refractivity contribution in [1.82, 2.24) is 0 Å². The molecular weight excluding hydrogens is 172 g/mol. The molecule has 0 unspecified atom stereocenters. The van der Waals surface area contributed by atoms with E-state index in [0.29, 0.717) is 0 Å². The Morgan fingerprint density at radius 1 is 1.07 bits per heavy atom. The smallest absolute Gasteiger partial charge is 0.0599 e. The minimum atomic E-state index is 1.02. The number of rotatable bonds is 1. The molecule has 0 fully saturated rings. The van der Waals surface area contributed by atoms with E-state index in [2.05, 4.69) is 49.1 Å². The van der Waals surface area contributed by atoms with Crippen LogP contribution in [0.3, 0.4) is 0 Å². The third kappa shape index (κ3) is 1.79. The summed E-state index contributed by atoms with van der Waals surface area (Å²) in [4.78, 5) is 0. The molecule has 1 aromatic carbocycles. The minimum absolute atomic E-state index is 1.02. The van der Waals surface area contributed by atoms with Gasteiger partial charge < -0.3 is 0 Å². The average molecular weight is 188 g/mol. The molecular formula is C12H16N2. The van der Waals surface area contributed by atoms with Crippen LogP contribution < -0.4 is 5.01 Å². The molecule has 0 radical (unpaired) electrons. The lowest BCUT2D eigenvalue weighted by atomic mass is 10.1. The largest absolute Gasteiger partial charge is 0.265 e. The van der Waals surface area contributed by atoms with Crippen LogP contribution >= 0.6 is 0 Å². The average Bonchev–Trinajstić information content (AvgIpc) is 2.50. The van der Waals surface area contributed by atoms with Crippen LogP contribution in [0.25, 0.3) is 0 Å². The number of anilines is 1. The fraction of sp³-hybridized carbons (Fsp3) is 0.417. The van der Waals surface area contributed by atoms with Crippen molar-refractivity contribution in [1.29, 1.82) is 0 Å². The zero-order valence-electron chi connectivity index (χ0n) is 9.04. The molecule has 2 nitrogen and oxygen atoms in total. The Morgan fingerprint density at radius 3 is 2.21 bits per heavy atom. The highest BCUT2D eigenvalue weighted by atomic mass is 15.5. The molecule has 14 heavy (non-hydrogen) atoms. The van der Waals surface area contributed by atoms with Gasteiger partial charge in [-0.15, -0.1) is 0 Å². The maximum atomic E-state index is 4.49. The summed E-state index contributed by atoms with van der Waals surface area (Å²) in [6, 6.07) is 6.57. The molecule has 2 heteroatoms. The molecule has 2 rings (SSSR count). The maximum absolute atomic E-state index is 4.49. The molecule has 0 aliphatic carbocycles. The number of hydrogen-bond acceptors (Lipinski definition) is 2. The first-order valence-corrected chi connectivity index (χ1v) is 5.05. The van der Waals surface area contributed by atoms with Gasteiger partial charge in [-0.1, -0.05) is 6.07 Å². The molecule has 0 spiro atoms. The fourth-order valence-electron chi connectivity index (χ4n) is 1.86. The van der Waals surface area contributed by atoms with Crippen LogP contribution in [-0.2, 0) is 0 Å². The standard InChI is InChI=1S/C12H16N2/c1-9-6-10(2)8-12(7-9)14-5-4-11(3)13-14/h6-8H,4-5H2,1-3H3. The summed E-state index contributed by atoms with van der Waals surface area (Å²) < 4.78 is 0. The molecule has 74 valence electrons. The zero-order chi connectivity index (χ0) is 10.1. The van der Waals surface area contributed by atoms with E-state index >= 15 is 0 Å². The monoisotopic (exact) mass is 188 g/mol. The Kier molecular flexibility index (Phi) is 2.28. The Bertz CT molecular complexity index is 360. The first-order chi connectivity index (χ1) is 6.65. The molecule has 0 saturated carbocycles. The summed E-state index contributed by atoms with van der Waals surface area (Å²) in [6.45, 7) is 7.36. The van der Waals surface area contributed by atoms with Crippen LogP contribution in [0.1, 0.15) is 24.5 Å². The van der Waals surface area contributed by atoms with Gasteiger partial charge in [-0.25, -0.2) is 0 Å². The van der Waals surface area contributed by atoms with E-state index < -0.39 is 0 Å². The second kappa shape index (κ2) is 3.45. The van der Waals surface area contributed by atoms with Crippen LogP contribution in [0, 0.1) is 13.8 Å². The Labute approximate surface area is 85.2 Å². The van der Waals surface area contributed by atoms with Crippen LogP contribution in [-0.4, -0.2) is 12.3 Å². The normalized spacial score (nSPS) is 15.9. The van der Waals surface area contributed by atoms with Crippen LogP contribution in [0.4, 0.5) is 5.69 Å². The SMILES string of the molecule is CC1=NN(c2cc(C)cc(C)c2)CC1. The predicted octanol–water partition coefficient (Wildman–Crippen LogP) is 2.89. The first kappa shape index (κ1) is 9.25. The van der Waals surface area contributed by atoms with Gasteiger partial charge in [-0.2, -0.15) is 5.10 Å². The van der Waals surface area contributed by atoms with Gasteiger partial charge in [0.2, 0.25) is 0 Å². The van der Waals surface area contributed by atoms with Crippen LogP contribution in [0.15, 0.2) is 23.3 Å². The Hall–Kier alpha value is -1.31. The van der Waals surface area contributed by atoms with Crippen molar-refractivity contribution in [2.75, 3.05) is 11.6 Å². The summed E-state index contributed by atoms with van der Waals surface area (Å²) in [7, 11) is 0. The van der Waals surface area contributed by atoms with E-state index in [1.54, 1.807) is 0 Å². The minimum Gasteiger partial charge on any atom is -0.265 e. The zero-order valence-corrected chi connectivity index (χ0v) is 9.04. The molecule has 1 aliphatic rings. The quantitative estimate of drug-likeness (QED) is 0.661. The molecule has 0 saturated heterocycles. The number of hydrazone groups is 1. The lowest BCUT2D eigenvalue weighted by Crippen LogP contribution is -2.11. The van der Waals surface area contributed by atoms with E-state index in [4.69, 9.17) is 0 Å². The number of benzene rings is 1. The van der Waals surface area contributed by atoms with Gasteiger partial charge in [0.1, 0.15) is 0 Å². The number of hydrogen-bond donors (Lipinski definition) is 0. The molecule has 1 aliphatic heterocycles. The van der Waals surface area contributed by atoms with Crippen molar-refractivity contribution in [3.63, 3.8) is 0 Å². The van der Waals surface area contributed by atoms with E-state index in [-0.39, 0.29) is 0 Å². The highest BCUT2D eigenvalue weighted by molar-refractivity contribution is 5.85. The molecule has 1 heterocycles. The van der Waals surface area contributed by atoms with E-state index in [9.17, 15) is 0 Å². The van der Waals surface area contributed by atoms with Crippen molar-refractivity contribution in [2.45, 2.75) is 27.2 Å². The van der Waals surface area contributed by atoms with E-state index in [1.807, 2.05) is 0 Å². The van der Waals surface area contributed by atoms with Gasteiger partial charge in [0.05, 0.1) is 5.69 Å². The van der Waals surface area contributed by atoms with Crippen molar-refractivity contribution in [3.8, 4) is 0 Å². The topological polar surface area (TPSA) is 15.6 Å². The Balaban J connectivity index is 2.32. The third-order valence-corrected chi connectivity index (χ3v) is 2.48. The van der Waals surface area contributed by atoms with Crippen LogP contribution in [0.2, 0.25) is 0 Å². The van der Waals surface area contributed by atoms with Crippen LogP contribution in [0.5, 0.6) is 0 Å². The van der Waals surface area contributed by atoms with Gasteiger partial charge >= 0.3 is 0 Å². The Morgan fingerprint density at radius 2 is 1.71 bits per heavy atom. The highest BCUT2D eigenvalue weighted by Crippen LogP contribution is 2.22. The van der Waals surface area contributed by atoms with Gasteiger partial charge in [0.15, 0.2) is 0 Å². The lowest BCUT2D eigenvalue weighted by molar-refractivity contribution is 0.919.